The highest BCUT2D eigenvalue weighted by Gasteiger charge is 2.19. The first-order valence-corrected chi connectivity index (χ1v) is 6.43. The maximum absolute atomic E-state index is 11.5. The Kier molecular flexibility index (Phi) is 4.43. The molecule has 9 heteroatoms. The Labute approximate surface area is 123 Å². The molecule has 2 rings (SSSR count). The average Bonchev–Trinajstić information content (AvgIpc) is 2.95. The van der Waals surface area contributed by atoms with Crippen LogP contribution >= 0.6 is 11.8 Å². The van der Waals surface area contributed by atoms with E-state index in [1.54, 1.807) is 6.07 Å². The molecule has 8 nitrogen and oxygen atoms in total. The fourth-order valence-electron chi connectivity index (χ4n) is 1.40. The number of carbonyl (C=O) groups is 2. The SMILES string of the molecule is COC(=O)c1cnc(Sc2ccoc2C(=O)OC)c(N)n1. The predicted octanol–water partition coefficient (Wildman–Crippen LogP) is 1.38. The second-order valence-electron chi connectivity index (χ2n) is 3.64. The average molecular weight is 309 g/mol. The van der Waals surface area contributed by atoms with Crippen molar-refractivity contribution in [3.05, 3.63) is 30.0 Å². The fraction of sp³-hybridized carbons (Fsp3) is 0.167. The Morgan fingerprint density at radius 3 is 2.62 bits per heavy atom. The first-order valence-electron chi connectivity index (χ1n) is 5.61. The zero-order valence-corrected chi connectivity index (χ0v) is 12.0. The Bertz CT molecular complexity index is 685. The molecule has 0 fully saturated rings. The van der Waals surface area contributed by atoms with Crippen LogP contribution in [0, 0.1) is 0 Å². The summed E-state index contributed by atoms with van der Waals surface area (Å²) >= 11 is 1.07. The summed E-state index contributed by atoms with van der Waals surface area (Å²) in [5.41, 5.74) is 5.74. The molecule has 21 heavy (non-hydrogen) atoms. The van der Waals surface area contributed by atoms with E-state index in [1.807, 2.05) is 0 Å². The lowest BCUT2D eigenvalue weighted by Crippen LogP contribution is -2.08. The van der Waals surface area contributed by atoms with Crippen LogP contribution in [0.5, 0.6) is 0 Å². The number of hydrogen-bond donors (Lipinski definition) is 1. The van der Waals surface area contributed by atoms with E-state index in [1.165, 1.54) is 26.7 Å². The summed E-state index contributed by atoms with van der Waals surface area (Å²) in [6.07, 6.45) is 2.59. The molecule has 2 heterocycles. The summed E-state index contributed by atoms with van der Waals surface area (Å²) in [5.74, 6) is -1.16. The first kappa shape index (κ1) is 14.9. The number of esters is 2. The highest BCUT2D eigenvalue weighted by atomic mass is 32.2. The Balaban J connectivity index is 2.27. The van der Waals surface area contributed by atoms with E-state index >= 15 is 0 Å². The van der Waals surface area contributed by atoms with Crippen LogP contribution in [0.25, 0.3) is 0 Å². The molecule has 0 saturated carbocycles. The van der Waals surface area contributed by atoms with Gasteiger partial charge in [0.15, 0.2) is 11.5 Å². The minimum absolute atomic E-state index is 0.000245. The van der Waals surface area contributed by atoms with Gasteiger partial charge < -0.3 is 19.6 Å². The van der Waals surface area contributed by atoms with Gasteiger partial charge in [-0.1, -0.05) is 11.8 Å². The van der Waals surface area contributed by atoms with Crippen molar-refractivity contribution < 1.29 is 23.5 Å². The summed E-state index contributed by atoms with van der Waals surface area (Å²) in [6.45, 7) is 0. The number of ether oxygens (including phenoxy) is 2. The molecule has 0 aromatic carbocycles. The number of nitrogen functional groups attached to an aromatic ring is 1. The van der Waals surface area contributed by atoms with E-state index in [0.29, 0.717) is 9.92 Å². The Hall–Kier alpha value is -2.55. The highest BCUT2D eigenvalue weighted by Crippen LogP contribution is 2.32. The summed E-state index contributed by atoms with van der Waals surface area (Å²) in [6, 6.07) is 1.58. The number of carbonyl (C=O) groups excluding carboxylic acids is 2. The van der Waals surface area contributed by atoms with Gasteiger partial charge in [0.1, 0.15) is 5.03 Å². The van der Waals surface area contributed by atoms with Gasteiger partial charge in [-0.3, -0.25) is 0 Å². The standard InChI is InChI=1S/C12H11N3O5S/c1-18-11(16)6-5-14-10(9(13)15-6)21-7-3-4-20-8(7)12(17)19-2/h3-5H,1-2H3,(H2,13,15). The van der Waals surface area contributed by atoms with Crippen molar-refractivity contribution in [2.24, 2.45) is 0 Å². The zero-order valence-electron chi connectivity index (χ0n) is 11.2. The molecule has 0 unspecified atom stereocenters. The predicted molar refractivity (Wildman–Crippen MR) is 72.0 cm³/mol. The third kappa shape index (κ3) is 3.14. The van der Waals surface area contributed by atoms with Crippen LogP contribution in [0.3, 0.4) is 0 Å². The van der Waals surface area contributed by atoms with E-state index in [2.05, 4.69) is 19.4 Å². The van der Waals surface area contributed by atoms with Crippen LogP contribution in [-0.2, 0) is 9.47 Å². The second-order valence-corrected chi connectivity index (χ2v) is 4.68. The maximum Gasteiger partial charge on any atom is 0.375 e. The molecule has 110 valence electrons. The number of methoxy groups -OCH3 is 2. The van der Waals surface area contributed by atoms with Crippen molar-refractivity contribution in [1.82, 2.24) is 9.97 Å². The molecule has 0 radical (unpaired) electrons. The van der Waals surface area contributed by atoms with E-state index < -0.39 is 11.9 Å². The smallest absolute Gasteiger partial charge is 0.375 e. The van der Waals surface area contributed by atoms with Gasteiger partial charge in [-0.25, -0.2) is 19.6 Å². The molecule has 2 aromatic heterocycles. The topological polar surface area (TPSA) is 118 Å². The molecule has 0 spiro atoms. The lowest BCUT2D eigenvalue weighted by Gasteiger charge is -2.05. The fourth-order valence-corrected chi connectivity index (χ4v) is 2.21. The number of nitrogens with zero attached hydrogens (tertiary/aromatic N) is 2. The van der Waals surface area contributed by atoms with Gasteiger partial charge in [0, 0.05) is 0 Å². The number of furan rings is 1. The highest BCUT2D eigenvalue weighted by molar-refractivity contribution is 7.99. The van der Waals surface area contributed by atoms with Crippen LogP contribution in [0.4, 0.5) is 5.82 Å². The number of hydrogen-bond acceptors (Lipinski definition) is 9. The van der Waals surface area contributed by atoms with Gasteiger partial charge in [0.25, 0.3) is 0 Å². The molecule has 0 aliphatic heterocycles. The summed E-state index contributed by atoms with van der Waals surface area (Å²) in [4.78, 5) is 31.2. The van der Waals surface area contributed by atoms with Crippen LogP contribution in [-0.4, -0.2) is 36.1 Å². The minimum atomic E-state index is -0.635. The van der Waals surface area contributed by atoms with E-state index in [4.69, 9.17) is 10.2 Å². The van der Waals surface area contributed by atoms with Crippen molar-refractivity contribution in [2.75, 3.05) is 20.0 Å². The number of anilines is 1. The van der Waals surface area contributed by atoms with Crippen LogP contribution < -0.4 is 5.73 Å². The summed E-state index contributed by atoms with van der Waals surface area (Å²) in [5, 5.41) is 0.328. The van der Waals surface area contributed by atoms with Gasteiger partial charge in [-0.15, -0.1) is 0 Å². The molecule has 2 N–H and O–H groups in total. The summed E-state index contributed by atoms with van der Waals surface area (Å²) < 4.78 is 14.2. The zero-order chi connectivity index (χ0) is 15.4. The van der Waals surface area contributed by atoms with Gasteiger partial charge in [-0.05, 0) is 6.07 Å². The largest absolute Gasteiger partial charge is 0.464 e. The molecule has 0 amide bonds. The Morgan fingerprint density at radius 2 is 2.00 bits per heavy atom. The molecular formula is C12H11N3O5S. The molecule has 2 aromatic rings. The van der Waals surface area contributed by atoms with Crippen molar-refractivity contribution in [2.45, 2.75) is 9.92 Å². The quantitative estimate of drug-likeness (QED) is 0.835. The van der Waals surface area contributed by atoms with Crippen molar-refractivity contribution in [3.63, 3.8) is 0 Å². The first-order chi connectivity index (χ1) is 10.1. The van der Waals surface area contributed by atoms with E-state index in [0.717, 1.165) is 11.8 Å². The van der Waals surface area contributed by atoms with Crippen LogP contribution in [0.2, 0.25) is 0 Å². The lowest BCUT2D eigenvalue weighted by atomic mass is 10.4. The van der Waals surface area contributed by atoms with E-state index in [9.17, 15) is 9.59 Å². The van der Waals surface area contributed by atoms with Gasteiger partial charge in [-0.2, -0.15) is 0 Å². The number of aromatic nitrogens is 2. The third-order valence-corrected chi connectivity index (χ3v) is 3.41. The minimum Gasteiger partial charge on any atom is -0.464 e. The van der Waals surface area contributed by atoms with Crippen molar-refractivity contribution in [1.29, 1.82) is 0 Å². The summed E-state index contributed by atoms with van der Waals surface area (Å²) in [7, 11) is 2.48. The molecular weight excluding hydrogens is 298 g/mol. The molecule has 0 bridgehead atoms. The molecule has 0 saturated heterocycles. The van der Waals surface area contributed by atoms with E-state index in [-0.39, 0.29) is 17.3 Å². The Morgan fingerprint density at radius 1 is 1.29 bits per heavy atom. The van der Waals surface area contributed by atoms with Crippen LogP contribution in [0.15, 0.2) is 32.9 Å². The van der Waals surface area contributed by atoms with Crippen LogP contribution in [0.1, 0.15) is 21.0 Å². The van der Waals surface area contributed by atoms with Gasteiger partial charge in [0.05, 0.1) is 31.6 Å². The number of rotatable bonds is 4. The van der Waals surface area contributed by atoms with Crippen molar-refractivity contribution in [3.8, 4) is 0 Å². The monoisotopic (exact) mass is 309 g/mol. The molecule has 0 aliphatic carbocycles. The molecule has 0 aliphatic rings. The third-order valence-electron chi connectivity index (χ3n) is 2.37. The second kappa shape index (κ2) is 6.27. The van der Waals surface area contributed by atoms with Gasteiger partial charge in [0.2, 0.25) is 5.76 Å². The lowest BCUT2D eigenvalue weighted by molar-refractivity contribution is 0.0558. The molecule has 0 atom stereocenters. The maximum atomic E-state index is 11.5. The number of nitrogens with two attached hydrogens (primary N) is 1. The normalized spacial score (nSPS) is 10.2. The van der Waals surface area contributed by atoms with Crippen molar-refractivity contribution >= 4 is 29.5 Å². The van der Waals surface area contributed by atoms with Gasteiger partial charge >= 0.3 is 11.9 Å².